The summed E-state index contributed by atoms with van der Waals surface area (Å²) in [5, 5.41) is 22.3. The van der Waals surface area contributed by atoms with Crippen molar-refractivity contribution in [3.8, 4) is 68.1 Å². The first-order valence-corrected chi connectivity index (χ1v) is 21.9. The van der Waals surface area contributed by atoms with Crippen molar-refractivity contribution in [2.24, 2.45) is 0 Å². The summed E-state index contributed by atoms with van der Waals surface area (Å²) in [6.07, 6.45) is 12.8. The lowest BCUT2D eigenvalue weighted by atomic mass is 10.0. The van der Waals surface area contributed by atoms with Gasteiger partial charge in [-0.05, 0) is 137 Å². The minimum absolute atomic E-state index is 0.0268. The molecule has 0 spiro atoms. The molecule has 0 atom stereocenters. The number of nitriles is 2. The third-order valence-electron chi connectivity index (χ3n) is 11.8. The van der Waals surface area contributed by atoms with Gasteiger partial charge in [0.1, 0.15) is 11.5 Å². The second kappa shape index (κ2) is 18.5. The number of aromatic amines is 3. The second-order valence-electron chi connectivity index (χ2n) is 16.1. The molecule has 324 valence electrons. The van der Waals surface area contributed by atoms with Gasteiger partial charge in [-0.2, -0.15) is 10.5 Å². The molecule has 0 unspecified atom stereocenters. The van der Waals surface area contributed by atoms with Crippen LogP contribution in [0.4, 0.5) is 0 Å². The summed E-state index contributed by atoms with van der Waals surface area (Å²) in [5.41, 5.74) is 15.6. The zero-order valence-electron chi connectivity index (χ0n) is 36.4. The van der Waals surface area contributed by atoms with E-state index in [0.29, 0.717) is 42.9 Å². The Morgan fingerprint density at radius 3 is 1.37 bits per heavy atom. The molecule has 2 aliphatic heterocycles. The van der Waals surface area contributed by atoms with Crippen LogP contribution in [0, 0.1) is 22.7 Å². The predicted octanol–water partition coefficient (Wildman–Crippen LogP) is 11.5. The summed E-state index contributed by atoms with van der Waals surface area (Å²) in [6.45, 7) is 0.948. The number of carbonyl (C=O) groups is 1. The number of nitrogens with one attached hydrogen (secondary N) is 4. The van der Waals surface area contributed by atoms with E-state index in [-0.39, 0.29) is 5.91 Å². The van der Waals surface area contributed by atoms with E-state index >= 15 is 0 Å². The molecule has 4 aromatic carbocycles. The van der Waals surface area contributed by atoms with Gasteiger partial charge >= 0.3 is 0 Å². The van der Waals surface area contributed by atoms with Crippen molar-refractivity contribution in [2.45, 2.75) is 12.8 Å². The lowest BCUT2D eigenvalue weighted by molar-refractivity contribution is -0.120. The van der Waals surface area contributed by atoms with Crippen molar-refractivity contribution < 1.29 is 14.3 Å². The number of aromatic nitrogens is 5. The van der Waals surface area contributed by atoms with Gasteiger partial charge in [0.25, 0.3) is 0 Å². The van der Waals surface area contributed by atoms with Crippen molar-refractivity contribution >= 4 is 52.3 Å². The fourth-order valence-electron chi connectivity index (χ4n) is 8.52. The highest BCUT2D eigenvalue weighted by molar-refractivity contribution is 6.00. The van der Waals surface area contributed by atoms with E-state index in [2.05, 4.69) is 56.7 Å². The molecule has 0 saturated carbocycles. The van der Waals surface area contributed by atoms with E-state index in [1.807, 2.05) is 140 Å². The number of H-pyrrole nitrogens is 3. The van der Waals surface area contributed by atoms with Crippen LogP contribution in [0.2, 0.25) is 0 Å². The van der Waals surface area contributed by atoms with E-state index in [4.69, 9.17) is 19.4 Å². The van der Waals surface area contributed by atoms with Gasteiger partial charge in [-0.15, -0.1) is 0 Å². The van der Waals surface area contributed by atoms with Crippen LogP contribution >= 0.6 is 0 Å². The fraction of sp³-hybridized carbons (Fsp3) is 0.0893. The Labute approximate surface area is 386 Å². The van der Waals surface area contributed by atoms with E-state index in [1.54, 1.807) is 7.11 Å². The molecule has 4 aromatic heterocycles. The number of hydrogen-bond donors (Lipinski definition) is 4. The minimum atomic E-state index is -0.0268. The third-order valence-corrected chi connectivity index (χ3v) is 11.8. The Balaban J connectivity index is 1.14. The minimum Gasteiger partial charge on any atom is -0.497 e. The molecule has 0 aliphatic carbocycles. The molecule has 67 heavy (non-hydrogen) atoms. The Bertz CT molecular complexity index is 3400. The molecule has 2 aliphatic rings. The maximum atomic E-state index is 12.4. The lowest BCUT2D eigenvalue weighted by Crippen LogP contribution is -2.26. The van der Waals surface area contributed by atoms with Crippen LogP contribution in [0.5, 0.6) is 11.5 Å². The Kier molecular flexibility index (Phi) is 11.5. The summed E-state index contributed by atoms with van der Waals surface area (Å²) >= 11 is 0. The summed E-state index contributed by atoms with van der Waals surface area (Å²) in [4.78, 5) is 33.6. The van der Waals surface area contributed by atoms with Crippen LogP contribution in [0.3, 0.4) is 0 Å². The normalized spacial score (nSPS) is 11.5. The Morgan fingerprint density at radius 1 is 0.567 bits per heavy atom. The van der Waals surface area contributed by atoms with Crippen LogP contribution in [-0.2, 0) is 11.2 Å². The van der Waals surface area contributed by atoms with Crippen LogP contribution in [-0.4, -0.2) is 51.1 Å². The molecule has 0 fully saturated rings. The number of benzene rings is 4. The lowest BCUT2D eigenvalue weighted by Gasteiger charge is -2.09. The van der Waals surface area contributed by atoms with Gasteiger partial charge < -0.3 is 29.7 Å². The second-order valence-corrected chi connectivity index (χ2v) is 16.1. The van der Waals surface area contributed by atoms with E-state index < -0.39 is 0 Å². The zero-order chi connectivity index (χ0) is 45.7. The van der Waals surface area contributed by atoms with Gasteiger partial charge in [0.15, 0.2) is 0 Å². The molecular weight excluding hydrogens is 833 g/mol. The Hall–Kier alpha value is -9.19. The van der Waals surface area contributed by atoms with Crippen LogP contribution in [0.15, 0.2) is 140 Å². The first kappa shape index (κ1) is 41.8. The average Bonchev–Trinajstić information content (AvgIpc) is 4.24. The van der Waals surface area contributed by atoms with Gasteiger partial charge in [0.05, 0.1) is 66.2 Å². The molecule has 8 bridgehead atoms. The molecule has 4 N–H and O–H groups in total. The third kappa shape index (κ3) is 8.73. The van der Waals surface area contributed by atoms with Gasteiger partial charge in [0, 0.05) is 63.3 Å². The molecule has 6 heterocycles. The van der Waals surface area contributed by atoms with Crippen molar-refractivity contribution in [2.75, 3.05) is 20.3 Å². The van der Waals surface area contributed by atoms with Crippen molar-refractivity contribution in [1.29, 1.82) is 10.5 Å². The molecule has 0 radical (unpaired) electrons. The van der Waals surface area contributed by atoms with Gasteiger partial charge in [0.2, 0.25) is 5.91 Å². The standard InChI is InChI=1S/C56H42N8O3/c1-66-42-15-11-40(12-16-42)55-48-23-19-44(61-48)53(38-7-3-35(32-57)4-8-38)46-21-25-50(63-46)56(41-13-17-43(18-14-41)67-30-2-28-60-52(65)31-37-27-29-59-34-37)51-26-22-47(64-51)54(45-20-24-49(55)62-45)39-9-5-36(33-58)6-10-39/h3-27,29,34,59,61,64H,2,28,30-31H2,1H3,(H,60,65). The molecular formula is C56H42N8O3. The number of rotatable bonds is 12. The number of nitrogens with zero attached hydrogens (tertiary/aromatic N) is 4. The highest BCUT2D eigenvalue weighted by Gasteiger charge is 2.19. The fourth-order valence-corrected chi connectivity index (χ4v) is 8.52. The SMILES string of the molecule is COc1ccc(-c2c3nc(c(-c4ccc(C#N)cc4)c4ccc([nH]4)c(-c4ccc(OCCCNC(=O)Cc5cc[nH]c5)cc4)c4nc(c(-c5ccc(C#N)cc5)c5ccc2[nH]5)C=C4)C=C3)cc1. The smallest absolute Gasteiger partial charge is 0.224 e. The summed E-state index contributed by atoms with van der Waals surface area (Å²) in [5.74, 6) is 1.42. The maximum Gasteiger partial charge on any atom is 0.224 e. The van der Waals surface area contributed by atoms with Gasteiger partial charge in [-0.3, -0.25) is 4.79 Å². The monoisotopic (exact) mass is 874 g/mol. The number of carbonyl (C=O) groups excluding carboxylic acids is 1. The van der Waals surface area contributed by atoms with Gasteiger partial charge in [-0.1, -0.05) is 48.5 Å². The number of ether oxygens (including phenoxy) is 2. The number of hydrogen-bond acceptors (Lipinski definition) is 7. The first-order valence-electron chi connectivity index (χ1n) is 21.9. The average molecular weight is 875 g/mol. The van der Waals surface area contributed by atoms with E-state index in [9.17, 15) is 15.3 Å². The highest BCUT2D eigenvalue weighted by atomic mass is 16.5. The molecule has 10 rings (SSSR count). The number of fused-ring (bicyclic) bond motifs is 8. The summed E-state index contributed by atoms with van der Waals surface area (Å²) in [7, 11) is 1.65. The topological polar surface area (TPSA) is 168 Å². The zero-order valence-corrected chi connectivity index (χ0v) is 36.4. The number of methoxy groups -OCH3 is 1. The molecule has 11 heteroatoms. The number of amides is 1. The molecule has 8 aromatic rings. The summed E-state index contributed by atoms with van der Waals surface area (Å²) < 4.78 is 11.7. The molecule has 1 amide bonds. The maximum absolute atomic E-state index is 12.4. The predicted molar refractivity (Wildman–Crippen MR) is 264 cm³/mol. The summed E-state index contributed by atoms with van der Waals surface area (Å²) in [6, 6.07) is 45.7. The highest BCUT2D eigenvalue weighted by Crippen LogP contribution is 2.39. The van der Waals surface area contributed by atoms with Crippen LogP contribution < -0.4 is 14.8 Å². The largest absolute Gasteiger partial charge is 0.497 e. The Morgan fingerprint density at radius 2 is 0.985 bits per heavy atom. The van der Waals surface area contributed by atoms with Gasteiger partial charge in [-0.25, -0.2) is 9.97 Å². The van der Waals surface area contributed by atoms with E-state index in [0.717, 1.165) is 101 Å². The first-order chi connectivity index (χ1) is 32.9. The molecule has 0 saturated heterocycles. The van der Waals surface area contributed by atoms with Crippen LogP contribution in [0.1, 0.15) is 45.9 Å². The van der Waals surface area contributed by atoms with Crippen molar-refractivity contribution in [3.05, 3.63) is 179 Å². The quantitative estimate of drug-likeness (QED) is 0.0886. The van der Waals surface area contributed by atoms with Crippen LogP contribution in [0.25, 0.3) is 90.9 Å². The van der Waals surface area contributed by atoms with E-state index in [1.165, 1.54) is 0 Å². The van der Waals surface area contributed by atoms with Crippen molar-refractivity contribution in [1.82, 2.24) is 30.2 Å². The van der Waals surface area contributed by atoms with Crippen molar-refractivity contribution in [3.63, 3.8) is 0 Å². The molecule has 11 nitrogen and oxygen atoms in total.